The molecule has 0 heterocycles. The van der Waals surface area contributed by atoms with Crippen LogP contribution >= 0.6 is 11.8 Å². The Morgan fingerprint density at radius 2 is 1.65 bits per heavy atom. The number of aromatic hydroxyl groups is 1. The molecule has 0 aliphatic rings. The largest absolute Gasteiger partial charge is 0.508 e. The van der Waals surface area contributed by atoms with Crippen molar-refractivity contribution in [2.75, 3.05) is 5.75 Å². The van der Waals surface area contributed by atoms with E-state index in [2.05, 4.69) is 24.3 Å². The molecular formula is C15H14OS. The van der Waals surface area contributed by atoms with Crippen molar-refractivity contribution in [2.45, 2.75) is 4.90 Å². The van der Waals surface area contributed by atoms with Gasteiger partial charge >= 0.3 is 0 Å². The molecule has 0 atom stereocenters. The second-order valence-electron chi connectivity index (χ2n) is 3.62. The maximum atomic E-state index is 9.15. The minimum Gasteiger partial charge on any atom is -0.508 e. The molecule has 0 aliphatic heterocycles. The Labute approximate surface area is 106 Å². The molecule has 1 nitrogen and oxygen atoms in total. The standard InChI is InChI=1S/C15H14OS/c16-14-8-10-15(11-9-14)17-12-4-7-13-5-2-1-3-6-13/h1-11,16H,12H2/b7-4+. The van der Waals surface area contributed by atoms with E-state index in [1.165, 1.54) is 10.5 Å². The van der Waals surface area contributed by atoms with Gasteiger partial charge in [0.15, 0.2) is 0 Å². The summed E-state index contributed by atoms with van der Waals surface area (Å²) in [6.45, 7) is 0. The van der Waals surface area contributed by atoms with Gasteiger partial charge in [-0.15, -0.1) is 11.8 Å². The highest BCUT2D eigenvalue weighted by Gasteiger charge is 1.92. The molecule has 2 rings (SSSR count). The molecule has 1 N–H and O–H groups in total. The van der Waals surface area contributed by atoms with Crippen molar-refractivity contribution in [3.8, 4) is 5.75 Å². The SMILES string of the molecule is Oc1ccc(SC/C=C/c2ccccc2)cc1. The van der Waals surface area contributed by atoms with Gasteiger partial charge in [0.05, 0.1) is 0 Å². The third-order valence-corrected chi connectivity index (χ3v) is 3.26. The van der Waals surface area contributed by atoms with E-state index in [1.54, 1.807) is 23.9 Å². The van der Waals surface area contributed by atoms with E-state index in [0.717, 1.165) is 5.75 Å². The van der Waals surface area contributed by atoms with Crippen LogP contribution in [0.15, 0.2) is 65.6 Å². The first-order chi connectivity index (χ1) is 8.34. The van der Waals surface area contributed by atoms with Crippen LogP contribution in [0.5, 0.6) is 5.75 Å². The number of thioether (sulfide) groups is 1. The number of rotatable bonds is 4. The molecule has 0 saturated carbocycles. The number of phenolic OH excluding ortho intramolecular Hbond substituents is 1. The van der Waals surface area contributed by atoms with Crippen LogP contribution in [-0.4, -0.2) is 10.9 Å². The van der Waals surface area contributed by atoms with Crippen molar-refractivity contribution in [2.24, 2.45) is 0 Å². The molecule has 17 heavy (non-hydrogen) atoms. The van der Waals surface area contributed by atoms with E-state index in [0.29, 0.717) is 5.75 Å². The van der Waals surface area contributed by atoms with Crippen LogP contribution in [0.4, 0.5) is 0 Å². The van der Waals surface area contributed by atoms with E-state index < -0.39 is 0 Å². The van der Waals surface area contributed by atoms with Crippen LogP contribution in [0.25, 0.3) is 6.08 Å². The fourth-order valence-corrected chi connectivity index (χ4v) is 2.15. The quantitative estimate of drug-likeness (QED) is 0.811. The fourth-order valence-electron chi connectivity index (χ4n) is 1.44. The minimum atomic E-state index is 0.314. The van der Waals surface area contributed by atoms with Crippen molar-refractivity contribution < 1.29 is 5.11 Å². The van der Waals surface area contributed by atoms with E-state index in [4.69, 9.17) is 5.11 Å². The van der Waals surface area contributed by atoms with Gasteiger partial charge in [-0.25, -0.2) is 0 Å². The van der Waals surface area contributed by atoms with Crippen molar-refractivity contribution >= 4 is 17.8 Å². The zero-order chi connectivity index (χ0) is 11.9. The number of phenols is 1. The zero-order valence-corrected chi connectivity index (χ0v) is 10.2. The lowest BCUT2D eigenvalue weighted by Crippen LogP contribution is -1.74. The molecule has 0 unspecified atom stereocenters. The second kappa shape index (κ2) is 6.16. The van der Waals surface area contributed by atoms with Gasteiger partial charge in [0.1, 0.15) is 5.75 Å². The van der Waals surface area contributed by atoms with Gasteiger partial charge in [-0.05, 0) is 29.8 Å². The third-order valence-electron chi connectivity index (χ3n) is 2.29. The summed E-state index contributed by atoms with van der Waals surface area (Å²) in [7, 11) is 0. The van der Waals surface area contributed by atoms with Gasteiger partial charge in [0, 0.05) is 10.6 Å². The predicted molar refractivity (Wildman–Crippen MR) is 74.3 cm³/mol. The second-order valence-corrected chi connectivity index (χ2v) is 4.71. The number of hydrogen-bond acceptors (Lipinski definition) is 2. The number of hydrogen-bond donors (Lipinski definition) is 1. The van der Waals surface area contributed by atoms with Gasteiger partial charge in [0.2, 0.25) is 0 Å². The van der Waals surface area contributed by atoms with Crippen molar-refractivity contribution in [1.82, 2.24) is 0 Å². The summed E-state index contributed by atoms with van der Waals surface area (Å²) in [5.74, 6) is 1.24. The normalized spacial score (nSPS) is 10.8. The monoisotopic (exact) mass is 242 g/mol. The predicted octanol–water partition coefficient (Wildman–Crippen LogP) is 4.20. The van der Waals surface area contributed by atoms with Crippen LogP contribution in [-0.2, 0) is 0 Å². The van der Waals surface area contributed by atoms with E-state index >= 15 is 0 Å². The third kappa shape index (κ3) is 4.00. The Balaban J connectivity index is 1.84. The van der Waals surface area contributed by atoms with Crippen LogP contribution in [0.3, 0.4) is 0 Å². The Morgan fingerprint density at radius 1 is 0.941 bits per heavy atom. The molecule has 86 valence electrons. The summed E-state index contributed by atoms with van der Waals surface area (Å²) in [6, 6.07) is 17.5. The Hall–Kier alpha value is -1.67. The van der Waals surface area contributed by atoms with Crippen LogP contribution in [0, 0.1) is 0 Å². The number of benzene rings is 2. The van der Waals surface area contributed by atoms with Crippen LogP contribution in [0.1, 0.15) is 5.56 Å². The average molecular weight is 242 g/mol. The highest BCUT2D eigenvalue weighted by atomic mass is 32.2. The first-order valence-electron chi connectivity index (χ1n) is 5.48. The summed E-state index contributed by atoms with van der Waals surface area (Å²) >= 11 is 1.75. The molecule has 0 aromatic heterocycles. The smallest absolute Gasteiger partial charge is 0.115 e. The van der Waals surface area contributed by atoms with Crippen LogP contribution < -0.4 is 0 Å². The Bertz CT molecular complexity index is 474. The van der Waals surface area contributed by atoms with Gasteiger partial charge in [0.25, 0.3) is 0 Å². The summed E-state index contributed by atoms with van der Waals surface area (Å²) < 4.78 is 0. The summed E-state index contributed by atoms with van der Waals surface area (Å²) in [5, 5.41) is 9.15. The van der Waals surface area contributed by atoms with Crippen LogP contribution in [0.2, 0.25) is 0 Å². The van der Waals surface area contributed by atoms with Crippen molar-refractivity contribution in [1.29, 1.82) is 0 Å². The molecule has 0 bridgehead atoms. The molecule has 2 aromatic carbocycles. The van der Waals surface area contributed by atoms with E-state index in [-0.39, 0.29) is 0 Å². The first kappa shape index (κ1) is 11.8. The molecule has 0 aliphatic carbocycles. The molecule has 0 fully saturated rings. The van der Waals surface area contributed by atoms with Crippen molar-refractivity contribution in [3.05, 3.63) is 66.2 Å². The molecule has 0 spiro atoms. The van der Waals surface area contributed by atoms with Gasteiger partial charge in [-0.1, -0.05) is 42.5 Å². The lowest BCUT2D eigenvalue weighted by atomic mass is 10.2. The molecule has 2 heteroatoms. The highest BCUT2D eigenvalue weighted by Crippen LogP contribution is 2.20. The topological polar surface area (TPSA) is 20.2 Å². The lowest BCUT2D eigenvalue weighted by molar-refractivity contribution is 0.475. The molecule has 0 amide bonds. The summed E-state index contributed by atoms with van der Waals surface area (Å²) in [6.07, 6.45) is 4.26. The zero-order valence-electron chi connectivity index (χ0n) is 9.41. The average Bonchev–Trinajstić information content (AvgIpc) is 2.38. The lowest BCUT2D eigenvalue weighted by Gasteiger charge is -1.98. The van der Waals surface area contributed by atoms with Gasteiger partial charge in [-0.2, -0.15) is 0 Å². The summed E-state index contributed by atoms with van der Waals surface area (Å²) in [4.78, 5) is 1.17. The highest BCUT2D eigenvalue weighted by molar-refractivity contribution is 7.99. The molecular weight excluding hydrogens is 228 g/mol. The fraction of sp³-hybridized carbons (Fsp3) is 0.0667. The first-order valence-corrected chi connectivity index (χ1v) is 6.46. The Kier molecular flexibility index (Phi) is 4.28. The molecule has 2 aromatic rings. The maximum Gasteiger partial charge on any atom is 0.115 e. The maximum absolute atomic E-state index is 9.15. The van der Waals surface area contributed by atoms with Gasteiger partial charge < -0.3 is 5.11 Å². The molecule has 0 radical (unpaired) electrons. The summed E-state index contributed by atoms with van der Waals surface area (Å²) in [5.41, 5.74) is 1.22. The van der Waals surface area contributed by atoms with Crippen molar-refractivity contribution in [3.63, 3.8) is 0 Å². The van der Waals surface area contributed by atoms with E-state index in [9.17, 15) is 0 Å². The minimum absolute atomic E-state index is 0.314. The van der Waals surface area contributed by atoms with E-state index in [1.807, 2.05) is 30.3 Å². The van der Waals surface area contributed by atoms with Gasteiger partial charge in [-0.3, -0.25) is 0 Å². The Morgan fingerprint density at radius 3 is 2.35 bits per heavy atom. The molecule has 0 saturated heterocycles.